The molecule has 3 heteroatoms. The average molecular weight is 243 g/mol. The fourth-order valence-electron chi connectivity index (χ4n) is 1.94. The Kier molecular flexibility index (Phi) is 11.5. The number of nitrogens with zero attached hydrogens (tertiary/aromatic N) is 1. The van der Waals surface area contributed by atoms with Crippen LogP contribution in [0.1, 0.15) is 65.2 Å². The third kappa shape index (κ3) is 11.7. The summed E-state index contributed by atoms with van der Waals surface area (Å²) in [6.07, 6.45) is 8.98. The zero-order valence-corrected chi connectivity index (χ0v) is 11.6. The SMILES string of the molecule is CCCCCCN(CCCCC)CCC(=O)O. The number of hydrogen-bond acceptors (Lipinski definition) is 2. The molecular formula is C14H29NO2. The van der Waals surface area contributed by atoms with Crippen molar-refractivity contribution in [2.24, 2.45) is 0 Å². The van der Waals surface area contributed by atoms with Gasteiger partial charge in [0, 0.05) is 6.54 Å². The van der Waals surface area contributed by atoms with Crippen LogP contribution in [0, 0.1) is 0 Å². The molecule has 0 bridgehead atoms. The Labute approximate surface area is 106 Å². The van der Waals surface area contributed by atoms with Gasteiger partial charge in [0.1, 0.15) is 0 Å². The van der Waals surface area contributed by atoms with E-state index in [0.29, 0.717) is 6.54 Å². The normalized spacial score (nSPS) is 11.0. The third-order valence-electron chi connectivity index (χ3n) is 3.05. The van der Waals surface area contributed by atoms with E-state index < -0.39 is 5.97 Å². The highest BCUT2D eigenvalue weighted by Crippen LogP contribution is 2.05. The summed E-state index contributed by atoms with van der Waals surface area (Å²) in [6, 6.07) is 0. The number of aliphatic carboxylic acids is 1. The lowest BCUT2D eigenvalue weighted by atomic mass is 10.2. The van der Waals surface area contributed by atoms with Crippen LogP contribution in [0.2, 0.25) is 0 Å². The maximum atomic E-state index is 10.6. The molecular weight excluding hydrogens is 214 g/mol. The van der Waals surface area contributed by atoms with E-state index in [0.717, 1.165) is 13.1 Å². The monoisotopic (exact) mass is 243 g/mol. The Bertz CT molecular complexity index is 183. The standard InChI is InChI=1S/C14H29NO2/c1-3-5-7-9-12-15(11-8-6-4-2)13-10-14(16)17/h3-13H2,1-2H3,(H,16,17). The summed E-state index contributed by atoms with van der Waals surface area (Å²) in [7, 11) is 0. The van der Waals surface area contributed by atoms with Gasteiger partial charge >= 0.3 is 5.97 Å². The molecule has 102 valence electrons. The van der Waals surface area contributed by atoms with Gasteiger partial charge in [-0.2, -0.15) is 0 Å². The molecule has 0 aliphatic heterocycles. The highest BCUT2D eigenvalue weighted by atomic mass is 16.4. The number of rotatable bonds is 12. The van der Waals surface area contributed by atoms with Gasteiger partial charge in [-0.1, -0.05) is 46.0 Å². The van der Waals surface area contributed by atoms with Crippen molar-refractivity contribution in [1.82, 2.24) is 4.90 Å². The molecule has 0 amide bonds. The predicted molar refractivity (Wildman–Crippen MR) is 72.4 cm³/mol. The second-order valence-corrected chi connectivity index (χ2v) is 4.75. The number of unbranched alkanes of at least 4 members (excludes halogenated alkanes) is 5. The first-order valence-corrected chi connectivity index (χ1v) is 7.14. The van der Waals surface area contributed by atoms with Gasteiger partial charge in [-0.3, -0.25) is 4.79 Å². The average Bonchev–Trinajstić information content (AvgIpc) is 2.30. The minimum Gasteiger partial charge on any atom is -0.481 e. The van der Waals surface area contributed by atoms with E-state index in [1.807, 2.05) is 0 Å². The molecule has 0 aromatic carbocycles. The fourth-order valence-corrected chi connectivity index (χ4v) is 1.94. The maximum Gasteiger partial charge on any atom is 0.304 e. The molecule has 0 heterocycles. The summed E-state index contributed by atoms with van der Waals surface area (Å²) < 4.78 is 0. The Hall–Kier alpha value is -0.570. The molecule has 1 N–H and O–H groups in total. The predicted octanol–water partition coefficient (Wildman–Crippen LogP) is 3.53. The van der Waals surface area contributed by atoms with E-state index in [2.05, 4.69) is 18.7 Å². The quantitative estimate of drug-likeness (QED) is 0.533. The van der Waals surface area contributed by atoms with Crippen molar-refractivity contribution >= 4 is 5.97 Å². The molecule has 17 heavy (non-hydrogen) atoms. The third-order valence-corrected chi connectivity index (χ3v) is 3.05. The molecule has 0 aromatic rings. The molecule has 0 aliphatic rings. The largest absolute Gasteiger partial charge is 0.481 e. The Morgan fingerprint density at radius 3 is 1.94 bits per heavy atom. The molecule has 3 nitrogen and oxygen atoms in total. The minimum atomic E-state index is -0.681. The second-order valence-electron chi connectivity index (χ2n) is 4.75. The van der Waals surface area contributed by atoms with Crippen molar-refractivity contribution in [3.05, 3.63) is 0 Å². The van der Waals surface area contributed by atoms with Crippen LogP contribution in [-0.4, -0.2) is 35.6 Å². The Morgan fingerprint density at radius 2 is 1.41 bits per heavy atom. The molecule has 0 unspecified atom stereocenters. The highest BCUT2D eigenvalue weighted by Gasteiger charge is 2.06. The molecule has 0 spiro atoms. The molecule has 0 atom stereocenters. The van der Waals surface area contributed by atoms with Gasteiger partial charge in [-0.05, 0) is 25.9 Å². The highest BCUT2D eigenvalue weighted by molar-refractivity contribution is 5.66. The van der Waals surface area contributed by atoms with Gasteiger partial charge in [-0.15, -0.1) is 0 Å². The topological polar surface area (TPSA) is 40.5 Å². The molecule has 0 aromatic heterocycles. The molecule has 0 saturated carbocycles. The van der Waals surface area contributed by atoms with Crippen LogP contribution in [0.25, 0.3) is 0 Å². The lowest BCUT2D eigenvalue weighted by molar-refractivity contribution is -0.137. The number of carboxylic acid groups (broad SMARTS) is 1. The van der Waals surface area contributed by atoms with Crippen molar-refractivity contribution in [3.63, 3.8) is 0 Å². The van der Waals surface area contributed by atoms with Crippen molar-refractivity contribution in [3.8, 4) is 0 Å². The van der Waals surface area contributed by atoms with Crippen LogP contribution in [0.15, 0.2) is 0 Å². The van der Waals surface area contributed by atoms with Gasteiger partial charge in [0.2, 0.25) is 0 Å². The summed E-state index contributed by atoms with van der Waals surface area (Å²) in [4.78, 5) is 12.9. The summed E-state index contributed by atoms with van der Waals surface area (Å²) in [6.45, 7) is 7.25. The van der Waals surface area contributed by atoms with Gasteiger partial charge in [0.25, 0.3) is 0 Å². The first-order chi connectivity index (χ1) is 8.20. The van der Waals surface area contributed by atoms with Crippen LogP contribution in [0.3, 0.4) is 0 Å². The van der Waals surface area contributed by atoms with E-state index in [1.54, 1.807) is 0 Å². The zero-order chi connectivity index (χ0) is 12.9. The first kappa shape index (κ1) is 16.4. The van der Waals surface area contributed by atoms with Crippen molar-refractivity contribution in [2.45, 2.75) is 65.2 Å². The Balaban J connectivity index is 3.71. The van der Waals surface area contributed by atoms with Crippen LogP contribution in [-0.2, 0) is 4.79 Å². The fraction of sp³-hybridized carbons (Fsp3) is 0.929. The van der Waals surface area contributed by atoms with E-state index in [4.69, 9.17) is 5.11 Å². The van der Waals surface area contributed by atoms with Gasteiger partial charge in [0.05, 0.1) is 6.42 Å². The second kappa shape index (κ2) is 11.9. The van der Waals surface area contributed by atoms with E-state index in [-0.39, 0.29) is 6.42 Å². The maximum absolute atomic E-state index is 10.6. The molecule has 0 fully saturated rings. The van der Waals surface area contributed by atoms with Gasteiger partial charge in [-0.25, -0.2) is 0 Å². The zero-order valence-electron chi connectivity index (χ0n) is 11.6. The minimum absolute atomic E-state index is 0.278. The number of carboxylic acids is 1. The molecule has 0 aliphatic carbocycles. The summed E-state index contributed by atoms with van der Waals surface area (Å²) in [5, 5.41) is 8.72. The van der Waals surface area contributed by atoms with Crippen LogP contribution in [0.4, 0.5) is 0 Å². The van der Waals surface area contributed by atoms with Gasteiger partial charge in [0.15, 0.2) is 0 Å². The Morgan fingerprint density at radius 1 is 0.882 bits per heavy atom. The van der Waals surface area contributed by atoms with E-state index >= 15 is 0 Å². The molecule has 0 radical (unpaired) electrons. The van der Waals surface area contributed by atoms with Crippen LogP contribution in [0.5, 0.6) is 0 Å². The van der Waals surface area contributed by atoms with E-state index in [1.165, 1.54) is 44.9 Å². The van der Waals surface area contributed by atoms with E-state index in [9.17, 15) is 4.79 Å². The van der Waals surface area contributed by atoms with Crippen molar-refractivity contribution in [1.29, 1.82) is 0 Å². The van der Waals surface area contributed by atoms with Gasteiger partial charge < -0.3 is 10.0 Å². The smallest absolute Gasteiger partial charge is 0.304 e. The van der Waals surface area contributed by atoms with Crippen LogP contribution < -0.4 is 0 Å². The van der Waals surface area contributed by atoms with Crippen LogP contribution >= 0.6 is 0 Å². The molecule has 0 saturated heterocycles. The summed E-state index contributed by atoms with van der Waals surface area (Å²) >= 11 is 0. The lowest BCUT2D eigenvalue weighted by Gasteiger charge is -2.21. The molecule has 0 rings (SSSR count). The number of carbonyl (C=O) groups is 1. The first-order valence-electron chi connectivity index (χ1n) is 7.14. The van der Waals surface area contributed by atoms with Crippen molar-refractivity contribution < 1.29 is 9.90 Å². The summed E-state index contributed by atoms with van der Waals surface area (Å²) in [5.74, 6) is -0.681. The lowest BCUT2D eigenvalue weighted by Crippen LogP contribution is -2.28. The van der Waals surface area contributed by atoms with Crippen molar-refractivity contribution in [2.75, 3.05) is 19.6 Å². The summed E-state index contributed by atoms with van der Waals surface area (Å²) in [5.41, 5.74) is 0. The number of hydrogen-bond donors (Lipinski definition) is 1.